The minimum absolute atomic E-state index is 0.123. The maximum Gasteiger partial charge on any atom is 0.228 e. The fraction of sp³-hybridized carbons (Fsp3) is 0.417. The van der Waals surface area contributed by atoms with Crippen molar-refractivity contribution in [2.75, 3.05) is 11.9 Å². The van der Waals surface area contributed by atoms with E-state index in [-0.39, 0.29) is 17.6 Å². The summed E-state index contributed by atoms with van der Waals surface area (Å²) >= 11 is 3.20. The zero-order valence-electron chi connectivity index (χ0n) is 9.67. The molecule has 0 aromatic heterocycles. The molecule has 0 saturated carbocycles. The molecule has 3 nitrogen and oxygen atoms in total. The molecule has 0 bridgehead atoms. The topological polar surface area (TPSA) is 55.1 Å². The Kier molecular flexibility index (Phi) is 5.58. The third kappa shape index (κ3) is 4.09. The van der Waals surface area contributed by atoms with Crippen molar-refractivity contribution in [2.24, 2.45) is 11.7 Å². The van der Waals surface area contributed by atoms with Crippen LogP contribution >= 0.6 is 15.9 Å². The van der Waals surface area contributed by atoms with Crippen LogP contribution in [0.4, 0.5) is 10.1 Å². The molecule has 0 spiro atoms. The molecule has 1 atom stereocenters. The van der Waals surface area contributed by atoms with Crippen molar-refractivity contribution in [1.82, 2.24) is 0 Å². The van der Waals surface area contributed by atoms with E-state index in [0.29, 0.717) is 16.7 Å². The summed E-state index contributed by atoms with van der Waals surface area (Å²) in [7, 11) is 0. The minimum Gasteiger partial charge on any atom is -0.330 e. The molecule has 1 aromatic rings. The maximum atomic E-state index is 12.9. The highest BCUT2D eigenvalue weighted by atomic mass is 79.9. The third-order valence-electron chi connectivity index (χ3n) is 2.48. The van der Waals surface area contributed by atoms with Gasteiger partial charge in [-0.15, -0.1) is 0 Å². The minimum atomic E-state index is -0.348. The number of amides is 1. The molecule has 17 heavy (non-hydrogen) atoms. The number of nitrogens with one attached hydrogen (secondary N) is 1. The van der Waals surface area contributed by atoms with Gasteiger partial charge in [-0.05, 0) is 40.5 Å². The number of nitrogens with two attached hydrogens (primary N) is 1. The van der Waals surface area contributed by atoms with E-state index in [0.717, 1.165) is 12.8 Å². The van der Waals surface area contributed by atoms with E-state index >= 15 is 0 Å². The summed E-state index contributed by atoms with van der Waals surface area (Å²) in [4.78, 5) is 11.9. The molecular weight excluding hydrogens is 287 g/mol. The first-order valence-electron chi connectivity index (χ1n) is 5.54. The number of halogens is 2. The van der Waals surface area contributed by atoms with Gasteiger partial charge in [0.25, 0.3) is 0 Å². The van der Waals surface area contributed by atoms with Gasteiger partial charge in [-0.3, -0.25) is 4.79 Å². The fourth-order valence-electron chi connectivity index (χ4n) is 1.53. The Morgan fingerprint density at radius 1 is 1.59 bits per heavy atom. The normalized spacial score (nSPS) is 12.2. The summed E-state index contributed by atoms with van der Waals surface area (Å²) in [6.07, 6.45) is 1.65. The molecule has 0 aliphatic carbocycles. The molecule has 5 heteroatoms. The van der Waals surface area contributed by atoms with Crippen molar-refractivity contribution in [2.45, 2.75) is 19.8 Å². The van der Waals surface area contributed by atoms with Crippen molar-refractivity contribution in [3.8, 4) is 0 Å². The zero-order chi connectivity index (χ0) is 12.8. The predicted molar refractivity (Wildman–Crippen MR) is 70.2 cm³/mol. The van der Waals surface area contributed by atoms with Gasteiger partial charge in [-0.1, -0.05) is 13.3 Å². The molecular formula is C12H16BrFN2O. The lowest BCUT2D eigenvalue weighted by molar-refractivity contribution is -0.119. The molecule has 3 N–H and O–H groups in total. The van der Waals surface area contributed by atoms with E-state index in [1.807, 2.05) is 6.92 Å². The SMILES string of the molecule is CCCC(CN)C(=O)Nc1ccc(F)cc1Br. The summed E-state index contributed by atoms with van der Waals surface area (Å²) in [5, 5.41) is 2.74. The molecule has 0 radical (unpaired) electrons. The lowest BCUT2D eigenvalue weighted by Gasteiger charge is -2.14. The molecule has 1 rings (SSSR count). The van der Waals surface area contributed by atoms with Crippen LogP contribution in [-0.2, 0) is 4.79 Å². The molecule has 0 aliphatic rings. The van der Waals surface area contributed by atoms with Crippen LogP contribution in [0.1, 0.15) is 19.8 Å². The summed E-state index contributed by atoms with van der Waals surface area (Å²) in [5.41, 5.74) is 6.10. The average Bonchev–Trinajstić information content (AvgIpc) is 2.29. The van der Waals surface area contributed by atoms with Crippen LogP contribution in [0.5, 0.6) is 0 Å². The van der Waals surface area contributed by atoms with Crippen molar-refractivity contribution in [3.63, 3.8) is 0 Å². The van der Waals surface area contributed by atoms with Crippen LogP contribution in [0.3, 0.4) is 0 Å². The maximum absolute atomic E-state index is 12.9. The number of rotatable bonds is 5. The standard InChI is InChI=1S/C12H16BrFN2O/c1-2-3-8(7-15)12(17)16-11-5-4-9(14)6-10(11)13/h4-6,8H,2-3,7,15H2,1H3,(H,16,17). The van der Waals surface area contributed by atoms with Crippen molar-refractivity contribution >= 4 is 27.5 Å². The molecule has 0 heterocycles. The third-order valence-corrected chi connectivity index (χ3v) is 3.14. The molecule has 1 unspecified atom stereocenters. The molecule has 1 aromatic carbocycles. The van der Waals surface area contributed by atoms with Crippen LogP contribution in [0.15, 0.2) is 22.7 Å². The van der Waals surface area contributed by atoms with Gasteiger partial charge in [0.2, 0.25) is 5.91 Å². The first-order chi connectivity index (χ1) is 8.08. The Hall–Kier alpha value is -0.940. The summed E-state index contributed by atoms with van der Waals surface area (Å²) in [5.74, 6) is -0.669. The Morgan fingerprint density at radius 2 is 2.29 bits per heavy atom. The zero-order valence-corrected chi connectivity index (χ0v) is 11.3. The first kappa shape index (κ1) is 14.1. The van der Waals surface area contributed by atoms with E-state index < -0.39 is 0 Å². The number of hydrogen-bond acceptors (Lipinski definition) is 2. The summed E-state index contributed by atoms with van der Waals surface area (Å²) in [6.45, 7) is 2.32. The highest BCUT2D eigenvalue weighted by Crippen LogP contribution is 2.23. The second-order valence-electron chi connectivity index (χ2n) is 3.83. The number of anilines is 1. The lowest BCUT2D eigenvalue weighted by Crippen LogP contribution is -2.29. The fourth-order valence-corrected chi connectivity index (χ4v) is 1.98. The first-order valence-corrected chi connectivity index (χ1v) is 6.33. The van der Waals surface area contributed by atoms with Gasteiger partial charge in [0, 0.05) is 11.0 Å². The van der Waals surface area contributed by atoms with Crippen LogP contribution < -0.4 is 11.1 Å². The van der Waals surface area contributed by atoms with Gasteiger partial charge in [0.1, 0.15) is 5.82 Å². The second kappa shape index (κ2) is 6.71. The van der Waals surface area contributed by atoms with Crippen molar-refractivity contribution in [1.29, 1.82) is 0 Å². The van der Waals surface area contributed by atoms with Crippen LogP contribution in [-0.4, -0.2) is 12.5 Å². The van der Waals surface area contributed by atoms with Crippen molar-refractivity contribution < 1.29 is 9.18 Å². The Balaban J connectivity index is 2.73. The highest BCUT2D eigenvalue weighted by molar-refractivity contribution is 9.10. The van der Waals surface area contributed by atoms with Crippen LogP contribution in [0, 0.1) is 11.7 Å². The van der Waals surface area contributed by atoms with E-state index in [4.69, 9.17) is 5.73 Å². The van der Waals surface area contributed by atoms with Gasteiger partial charge in [0.05, 0.1) is 11.6 Å². The number of benzene rings is 1. The smallest absolute Gasteiger partial charge is 0.228 e. The number of hydrogen-bond donors (Lipinski definition) is 2. The number of carbonyl (C=O) groups is 1. The Morgan fingerprint density at radius 3 is 2.82 bits per heavy atom. The summed E-state index contributed by atoms with van der Waals surface area (Å²) in [6, 6.07) is 4.14. The molecule has 0 fully saturated rings. The van der Waals surface area contributed by atoms with Gasteiger partial charge in [-0.25, -0.2) is 4.39 Å². The second-order valence-corrected chi connectivity index (χ2v) is 4.69. The Bertz CT molecular complexity index is 398. The van der Waals surface area contributed by atoms with E-state index in [9.17, 15) is 9.18 Å². The Labute approximate surface area is 109 Å². The van der Waals surface area contributed by atoms with Gasteiger partial charge in [-0.2, -0.15) is 0 Å². The molecule has 1 amide bonds. The molecule has 0 saturated heterocycles. The monoisotopic (exact) mass is 302 g/mol. The van der Waals surface area contributed by atoms with Gasteiger partial charge < -0.3 is 11.1 Å². The quantitative estimate of drug-likeness (QED) is 0.879. The lowest BCUT2D eigenvalue weighted by atomic mass is 10.0. The van der Waals surface area contributed by atoms with Crippen molar-refractivity contribution in [3.05, 3.63) is 28.5 Å². The highest BCUT2D eigenvalue weighted by Gasteiger charge is 2.16. The van der Waals surface area contributed by atoms with Crippen LogP contribution in [0.2, 0.25) is 0 Å². The number of carbonyl (C=O) groups excluding carboxylic acids is 1. The predicted octanol–water partition coefficient (Wildman–Crippen LogP) is 2.90. The largest absolute Gasteiger partial charge is 0.330 e. The molecule has 0 aliphatic heterocycles. The average molecular weight is 303 g/mol. The van der Waals surface area contributed by atoms with Gasteiger partial charge in [0.15, 0.2) is 0 Å². The molecule has 94 valence electrons. The van der Waals surface area contributed by atoms with E-state index in [1.165, 1.54) is 18.2 Å². The van der Waals surface area contributed by atoms with Crippen LogP contribution in [0.25, 0.3) is 0 Å². The van der Waals surface area contributed by atoms with E-state index in [1.54, 1.807) is 0 Å². The van der Waals surface area contributed by atoms with Gasteiger partial charge >= 0.3 is 0 Å². The van der Waals surface area contributed by atoms with E-state index in [2.05, 4.69) is 21.2 Å². The summed E-state index contributed by atoms with van der Waals surface area (Å²) < 4.78 is 13.4.